The number of nitrogens with zero attached hydrogens (tertiary/aromatic N) is 2. The summed E-state index contributed by atoms with van der Waals surface area (Å²) >= 11 is 0. The second kappa shape index (κ2) is 17.6. The van der Waals surface area contributed by atoms with Crippen molar-refractivity contribution in [2.75, 3.05) is 38.2 Å². The molecule has 0 unspecified atom stereocenters. The molecule has 11 heteroatoms. The van der Waals surface area contributed by atoms with E-state index in [1.807, 2.05) is 13.8 Å². The molecule has 3 aliphatic rings. The van der Waals surface area contributed by atoms with Crippen LogP contribution in [0, 0.1) is 10.1 Å². The number of nitrogens with one attached hydrogen (secondary N) is 1. The Balaban J connectivity index is 1.34. The van der Waals surface area contributed by atoms with Gasteiger partial charge in [-0.25, -0.2) is 4.79 Å². The molecule has 254 valence electrons. The third kappa shape index (κ3) is 10.9. The number of nitro benzene ring substituents is 1. The Morgan fingerprint density at radius 2 is 1.58 bits per heavy atom. The Hall–Kier alpha value is -2.31. The van der Waals surface area contributed by atoms with E-state index in [-0.39, 0.29) is 12.3 Å². The van der Waals surface area contributed by atoms with Gasteiger partial charge in [-0.15, -0.1) is 0 Å². The van der Waals surface area contributed by atoms with Gasteiger partial charge in [0.25, 0.3) is 5.69 Å². The van der Waals surface area contributed by atoms with Crippen molar-refractivity contribution in [1.29, 1.82) is 0 Å². The molecule has 0 bridgehead atoms. The summed E-state index contributed by atoms with van der Waals surface area (Å²) in [7, 11) is 0. The maximum absolute atomic E-state index is 13.1. The van der Waals surface area contributed by atoms with Crippen LogP contribution in [-0.4, -0.2) is 78.7 Å². The van der Waals surface area contributed by atoms with E-state index in [1.54, 1.807) is 0 Å². The standard InChI is InChI=1S/C34H55N3O8/c1-4-5-6-7-8-9-10-11-14-17-24-41-26-34-31(44-33(2,3)45-34)30(29(43-34)25-36-22-15-12-13-16-23-36)42-32(38)35-27-18-20-28(21-19-27)37(39)40/h18-21,29-31H,4-17,22-26H2,1-3H3,(H,35,38)/t29-,30+,31-,34-/m0/s1. The third-order valence-corrected chi connectivity index (χ3v) is 8.93. The number of anilines is 1. The van der Waals surface area contributed by atoms with Gasteiger partial charge in [0.15, 0.2) is 18.0 Å². The second-order valence-electron chi connectivity index (χ2n) is 13.3. The summed E-state index contributed by atoms with van der Waals surface area (Å²) in [6.45, 7) is 9.19. The molecule has 1 amide bonds. The highest BCUT2D eigenvalue weighted by Crippen LogP contribution is 2.47. The molecule has 3 heterocycles. The monoisotopic (exact) mass is 633 g/mol. The summed E-state index contributed by atoms with van der Waals surface area (Å²) in [6.07, 6.45) is 14.6. The van der Waals surface area contributed by atoms with E-state index < -0.39 is 40.9 Å². The van der Waals surface area contributed by atoms with Crippen molar-refractivity contribution in [3.63, 3.8) is 0 Å². The fourth-order valence-corrected chi connectivity index (χ4v) is 6.66. The Kier molecular flexibility index (Phi) is 13.9. The van der Waals surface area contributed by atoms with Crippen molar-refractivity contribution < 1.29 is 33.4 Å². The van der Waals surface area contributed by atoms with Crippen LogP contribution in [0.4, 0.5) is 16.2 Å². The lowest BCUT2D eigenvalue weighted by molar-refractivity contribution is -0.384. The first-order chi connectivity index (χ1) is 21.7. The Morgan fingerprint density at radius 1 is 0.956 bits per heavy atom. The first kappa shape index (κ1) is 35.5. The van der Waals surface area contributed by atoms with E-state index in [0.717, 1.165) is 38.8 Å². The number of unbranched alkanes of at least 4 members (excludes halogenated alkanes) is 9. The zero-order valence-corrected chi connectivity index (χ0v) is 27.6. The number of amides is 1. The summed E-state index contributed by atoms with van der Waals surface area (Å²) in [4.78, 5) is 26.0. The summed E-state index contributed by atoms with van der Waals surface area (Å²) in [5, 5.41) is 13.7. The van der Waals surface area contributed by atoms with Gasteiger partial charge in [0, 0.05) is 31.0 Å². The molecule has 0 aromatic heterocycles. The smallest absolute Gasteiger partial charge is 0.412 e. The average Bonchev–Trinajstić information content (AvgIpc) is 3.24. The first-order valence-corrected chi connectivity index (χ1v) is 17.3. The minimum Gasteiger partial charge on any atom is -0.440 e. The van der Waals surface area contributed by atoms with Crippen LogP contribution in [0.25, 0.3) is 0 Å². The van der Waals surface area contributed by atoms with E-state index in [0.29, 0.717) is 18.8 Å². The average molecular weight is 634 g/mol. The quantitative estimate of drug-likeness (QED) is 0.0991. The van der Waals surface area contributed by atoms with Crippen LogP contribution in [0.2, 0.25) is 0 Å². The number of nitro groups is 1. The molecule has 1 N–H and O–H groups in total. The molecule has 1 aromatic rings. The van der Waals surface area contributed by atoms with Crippen LogP contribution >= 0.6 is 0 Å². The maximum atomic E-state index is 13.1. The van der Waals surface area contributed by atoms with Crippen LogP contribution in [0.5, 0.6) is 0 Å². The van der Waals surface area contributed by atoms with Crippen molar-refractivity contribution in [3.8, 4) is 0 Å². The van der Waals surface area contributed by atoms with Crippen LogP contribution < -0.4 is 5.32 Å². The van der Waals surface area contributed by atoms with Gasteiger partial charge in [0.1, 0.15) is 12.7 Å². The predicted octanol–water partition coefficient (Wildman–Crippen LogP) is 7.57. The van der Waals surface area contributed by atoms with Crippen molar-refractivity contribution in [2.45, 2.75) is 141 Å². The summed E-state index contributed by atoms with van der Waals surface area (Å²) in [5.74, 6) is -2.15. The van der Waals surface area contributed by atoms with Gasteiger partial charge in [-0.1, -0.05) is 77.6 Å². The number of rotatable bonds is 18. The number of hydrogen-bond donors (Lipinski definition) is 1. The molecular formula is C34H55N3O8. The molecule has 4 atom stereocenters. The zero-order chi connectivity index (χ0) is 32.1. The van der Waals surface area contributed by atoms with Gasteiger partial charge in [0.2, 0.25) is 5.79 Å². The van der Waals surface area contributed by atoms with Crippen molar-refractivity contribution in [3.05, 3.63) is 34.4 Å². The number of benzene rings is 1. The number of carbonyl (C=O) groups is 1. The van der Waals surface area contributed by atoms with E-state index >= 15 is 0 Å². The molecule has 3 saturated heterocycles. The lowest BCUT2D eigenvalue weighted by Gasteiger charge is -2.31. The van der Waals surface area contributed by atoms with Gasteiger partial charge < -0.3 is 28.6 Å². The number of carbonyl (C=O) groups excluding carboxylic acids is 1. The highest BCUT2D eigenvalue weighted by molar-refractivity contribution is 5.84. The molecule has 0 aliphatic carbocycles. The lowest BCUT2D eigenvalue weighted by Crippen LogP contribution is -2.46. The fraction of sp³-hybridized carbons (Fsp3) is 0.794. The van der Waals surface area contributed by atoms with E-state index in [4.69, 9.17) is 23.7 Å². The Morgan fingerprint density at radius 3 is 2.20 bits per heavy atom. The van der Waals surface area contributed by atoms with E-state index in [9.17, 15) is 14.9 Å². The lowest BCUT2D eigenvalue weighted by atomic mass is 10.0. The fourth-order valence-electron chi connectivity index (χ4n) is 6.66. The van der Waals surface area contributed by atoms with Gasteiger partial charge in [-0.3, -0.25) is 15.4 Å². The highest BCUT2D eigenvalue weighted by Gasteiger charge is 2.66. The highest BCUT2D eigenvalue weighted by atomic mass is 16.9. The largest absolute Gasteiger partial charge is 0.440 e. The van der Waals surface area contributed by atoms with Gasteiger partial charge in [0.05, 0.1) is 4.92 Å². The van der Waals surface area contributed by atoms with Gasteiger partial charge in [-0.05, 0) is 58.3 Å². The number of hydrogen-bond acceptors (Lipinski definition) is 9. The Labute approximate surface area is 268 Å². The van der Waals surface area contributed by atoms with Crippen LogP contribution in [-0.2, 0) is 23.7 Å². The maximum Gasteiger partial charge on any atom is 0.412 e. The van der Waals surface area contributed by atoms with Crippen molar-refractivity contribution >= 4 is 17.5 Å². The van der Waals surface area contributed by atoms with Gasteiger partial charge in [-0.2, -0.15) is 0 Å². The molecule has 11 nitrogen and oxygen atoms in total. The zero-order valence-electron chi connectivity index (χ0n) is 27.6. The predicted molar refractivity (Wildman–Crippen MR) is 172 cm³/mol. The second-order valence-corrected chi connectivity index (χ2v) is 13.3. The number of ether oxygens (including phenoxy) is 5. The first-order valence-electron chi connectivity index (χ1n) is 17.3. The molecule has 45 heavy (non-hydrogen) atoms. The SMILES string of the molecule is CCCCCCCCCCCCOC[C@@]12O[C@@H](CN3CCCCCC3)[C@@H](OC(=O)Nc3ccc([N+](=O)[O-])cc3)[C@@H]1OC(C)(C)O2. The minimum absolute atomic E-state index is 0.0584. The van der Waals surface area contributed by atoms with Crippen LogP contribution in [0.3, 0.4) is 0 Å². The molecule has 0 spiro atoms. The topological polar surface area (TPSA) is 122 Å². The molecule has 1 aromatic carbocycles. The summed E-state index contributed by atoms with van der Waals surface area (Å²) in [5.41, 5.74) is 0.334. The third-order valence-electron chi connectivity index (χ3n) is 8.93. The van der Waals surface area contributed by atoms with E-state index in [2.05, 4.69) is 17.1 Å². The summed E-state index contributed by atoms with van der Waals surface area (Å²) in [6, 6.07) is 5.63. The number of fused-ring (bicyclic) bond motifs is 1. The summed E-state index contributed by atoms with van der Waals surface area (Å²) < 4.78 is 31.6. The molecular weight excluding hydrogens is 578 g/mol. The van der Waals surface area contributed by atoms with Crippen molar-refractivity contribution in [2.24, 2.45) is 0 Å². The normalized spacial score (nSPS) is 26.3. The molecule has 3 fully saturated rings. The van der Waals surface area contributed by atoms with E-state index in [1.165, 1.54) is 88.5 Å². The number of non-ortho nitro benzene ring substituents is 1. The minimum atomic E-state index is -1.20. The van der Waals surface area contributed by atoms with Crippen LogP contribution in [0.15, 0.2) is 24.3 Å². The number of likely N-dealkylation sites (tertiary alicyclic amines) is 1. The Bertz CT molecular complexity index is 1050. The molecule has 3 aliphatic heterocycles. The molecule has 4 rings (SSSR count). The van der Waals surface area contributed by atoms with Crippen molar-refractivity contribution in [1.82, 2.24) is 4.90 Å². The van der Waals surface area contributed by atoms with Crippen LogP contribution in [0.1, 0.15) is 111 Å². The molecule has 0 saturated carbocycles. The van der Waals surface area contributed by atoms with Gasteiger partial charge >= 0.3 is 6.09 Å². The molecule has 0 radical (unpaired) electrons.